The number of ether oxygens (including phenoxy) is 1. The minimum atomic E-state index is 0.579. The normalized spacial score (nSPS) is 14.0. The molecule has 0 fully saturated rings. The smallest absolute Gasteiger partial charge is 0.223 e. The van der Waals surface area contributed by atoms with Crippen LogP contribution in [-0.2, 0) is 12.8 Å². The first kappa shape index (κ1) is 12.6. The van der Waals surface area contributed by atoms with Crippen LogP contribution in [0.1, 0.15) is 29.8 Å². The summed E-state index contributed by atoms with van der Waals surface area (Å²) in [6.45, 7) is 1.85. The molecule has 98 valence electrons. The lowest BCUT2D eigenvalue weighted by molar-refractivity contribution is 0.457. The molecule has 1 aromatic carbocycles. The van der Waals surface area contributed by atoms with Gasteiger partial charge in [-0.2, -0.15) is 4.98 Å². The van der Waals surface area contributed by atoms with Crippen molar-refractivity contribution in [3.05, 3.63) is 45.8 Å². The molecule has 1 aromatic heterocycles. The van der Waals surface area contributed by atoms with Gasteiger partial charge in [-0.15, -0.1) is 0 Å². The highest BCUT2D eigenvalue weighted by Gasteiger charge is 2.10. The summed E-state index contributed by atoms with van der Waals surface area (Å²) < 4.78 is 6.57. The van der Waals surface area contributed by atoms with Crippen molar-refractivity contribution in [1.29, 1.82) is 0 Å². The summed E-state index contributed by atoms with van der Waals surface area (Å²) in [4.78, 5) is 8.45. The van der Waals surface area contributed by atoms with Gasteiger partial charge in [0.2, 0.25) is 5.88 Å². The van der Waals surface area contributed by atoms with Crippen LogP contribution in [0.15, 0.2) is 28.9 Å². The molecule has 0 spiro atoms. The van der Waals surface area contributed by atoms with Gasteiger partial charge >= 0.3 is 0 Å². The number of hydrogen-bond acceptors (Lipinski definition) is 3. The van der Waals surface area contributed by atoms with Gasteiger partial charge in [0.25, 0.3) is 0 Å². The van der Waals surface area contributed by atoms with Crippen LogP contribution in [0.3, 0.4) is 0 Å². The van der Waals surface area contributed by atoms with Crippen LogP contribution >= 0.6 is 15.9 Å². The highest BCUT2D eigenvalue weighted by molar-refractivity contribution is 9.10. The van der Waals surface area contributed by atoms with Crippen LogP contribution in [0.2, 0.25) is 0 Å². The Balaban J connectivity index is 1.86. The first-order chi connectivity index (χ1) is 9.20. The van der Waals surface area contributed by atoms with Gasteiger partial charge in [-0.1, -0.05) is 6.07 Å². The van der Waals surface area contributed by atoms with Crippen LogP contribution in [-0.4, -0.2) is 9.97 Å². The molecule has 3 rings (SSSR count). The number of rotatable bonds is 2. The second-order valence-electron chi connectivity index (χ2n) is 4.82. The standard InChI is InChI=1S/C15H15BrN2O/c1-10-17-14(16)9-15(18-10)19-13-7-6-11-4-2-3-5-12(11)8-13/h6-9H,2-5H2,1H3. The molecule has 1 aliphatic carbocycles. The fraction of sp³-hybridized carbons (Fsp3) is 0.333. The molecular formula is C15H15BrN2O. The van der Waals surface area contributed by atoms with E-state index in [0.29, 0.717) is 11.7 Å². The van der Waals surface area contributed by atoms with Crippen molar-refractivity contribution in [2.75, 3.05) is 0 Å². The van der Waals surface area contributed by atoms with E-state index in [4.69, 9.17) is 4.74 Å². The lowest BCUT2D eigenvalue weighted by atomic mass is 9.92. The van der Waals surface area contributed by atoms with Gasteiger partial charge in [0.1, 0.15) is 16.2 Å². The van der Waals surface area contributed by atoms with Gasteiger partial charge in [-0.05, 0) is 71.8 Å². The number of benzene rings is 1. The van der Waals surface area contributed by atoms with E-state index in [-0.39, 0.29) is 0 Å². The lowest BCUT2D eigenvalue weighted by Crippen LogP contribution is -2.02. The number of aryl methyl sites for hydroxylation is 3. The molecule has 0 aliphatic heterocycles. The van der Waals surface area contributed by atoms with Gasteiger partial charge in [-0.3, -0.25) is 0 Å². The third kappa shape index (κ3) is 2.95. The highest BCUT2D eigenvalue weighted by Crippen LogP contribution is 2.28. The molecule has 0 amide bonds. The zero-order chi connectivity index (χ0) is 13.2. The summed E-state index contributed by atoms with van der Waals surface area (Å²) in [6, 6.07) is 8.12. The Labute approximate surface area is 121 Å². The quantitative estimate of drug-likeness (QED) is 0.778. The van der Waals surface area contributed by atoms with E-state index in [9.17, 15) is 0 Å². The Morgan fingerprint density at radius 2 is 1.84 bits per heavy atom. The van der Waals surface area contributed by atoms with E-state index in [0.717, 1.165) is 16.8 Å². The third-order valence-corrected chi connectivity index (χ3v) is 3.73. The molecule has 0 saturated heterocycles. The number of nitrogens with zero attached hydrogens (tertiary/aromatic N) is 2. The average molecular weight is 319 g/mol. The molecule has 2 aromatic rings. The van der Waals surface area contributed by atoms with Crippen molar-refractivity contribution >= 4 is 15.9 Å². The van der Waals surface area contributed by atoms with Crippen molar-refractivity contribution in [2.24, 2.45) is 0 Å². The third-order valence-electron chi connectivity index (χ3n) is 3.33. The Morgan fingerprint density at radius 3 is 2.63 bits per heavy atom. The lowest BCUT2D eigenvalue weighted by Gasteiger charge is -2.16. The maximum absolute atomic E-state index is 5.82. The molecule has 0 saturated carbocycles. The number of halogens is 1. The molecule has 0 N–H and O–H groups in total. The fourth-order valence-electron chi connectivity index (χ4n) is 2.45. The van der Waals surface area contributed by atoms with Crippen LogP contribution in [0, 0.1) is 6.92 Å². The number of hydrogen-bond donors (Lipinski definition) is 0. The van der Waals surface area contributed by atoms with E-state index >= 15 is 0 Å². The van der Waals surface area contributed by atoms with Crippen molar-refractivity contribution in [2.45, 2.75) is 32.6 Å². The number of aromatic nitrogens is 2. The summed E-state index contributed by atoms with van der Waals surface area (Å²) in [7, 11) is 0. The van der Waals surface area contributed by atoms with E-state index in [1.165, 1.54) is 30.4 Å². The monoisotopic (exact) mass is 318 g/mol. The summed E-state index contributed by atoms with van der Waals surface area (Å²) >= 11 is 3.36. The molecule has 0 bridgehead atoms. The molecule has 3 nitrogen and oxygen atoms in total. The van der Waals surface area contributed by atoms with Crippen LogP contribution < -0.4 is 4.74 Å². The van der Waals surface area contributed by atoms with Gasteiger partial charge in [0.05, 0.1) is 0 Å². The summed E-state index contributed by atoms with van der Waals surface area (Å²) in [5.74, 6) is 2.13. The van der Waals surface area contributed by atoms with Crippen LogP contribution in [0.5, 0.6) is 11.6 Å². The molecule has 0 unspecified atom stereocenters. The van der Waals surface area contributed by atoms with Crippen molar-refractivity contribution in [3.8, 4) is 11.6 Å². The van der Waals surface area contributed by atoms with Crippen molar-refractivity contribution < 1.29 is 4.74 Å². The van der Waals surface area contributed by atoms with E-state index in [2.05, 4.69) is 38.0 Å². The van der Waals surface area contributed by atoms with Gasteiger partial charge in [-0.25, -0.2) is 4.98 Å². The first-order valence-corrected chi connectivity index (χ1v) is 7.31. The number of fused-ring (bicyclic) bond motifs is 1. The topological polar surface area (TPSA) is 35.0 Å². The average Bonchev–Trinajstić information content (AvgIpc) is 2.37. The van der Waals surface area contributed by atoms with Gasteiger partial charge in [0.15, 0.2) is 0 Å². The first-order valence-electron chi connectivity index (χ1n) is 6.51. The van der Waals surface area contributed by atoms with Gasteiger partial charge in [0, 0.05) is 6.07 Å². The zero-order valence-corrected chi connectivity index (χ0v) is 12.4. The summed E-state index contributed by atoms with van der Waals surface area (Å²) in [5.41, 5.74) is 2.87. The Kier molecular flexibility index (Phi) is 3.51. The maximum Gasteiger partial charge on any atom is 0.223 e. The Hall–Kier alpha value is -1.42. The zero-order valence-electron chi connectivity index (χ0n) is 10.8. The van der Waals surface area contributed by atoms with E-state index in [1.54, 1.807) is 6.07 Å². The predicted molar refractivity (Wildman–Crippen MR) is 77.6 cm³/mol. The Bertz CT molecular complexity index is 593. The molecule has 4 heteroatoms. The molecule has 19 heavy (non-hydrogen) atoms. The summed E-state index contributed by atoms with van der Waals surface area (Å²) in [5, 5.41) is 0. The Morgan fingerprint density at radius 1 is 1.05 bits per heavy atom. The molecule has 0 radical (unpaired) electrons. The maximum atomic E-state index is 5.82. The molecular weight excluding hydrogens is 304 g/mol. The molecule has 0 atom stereocenters. The highest BCUT2D eigenvalue weighted by atomic mass is 79.9. The van der Waals surface area contributed by atoms with Crippen LogP contribution in [0.4, 0.5) is 0 Å². The van der Waals surface area contributed by atoms with Crippen LogP contribution in [0.25, 0.3) is 0 Å². The fourth-order valence-corrected chi connectivity index (χ4v) is 2.90. The van der Waals surface area contributed by atoms with Crippen molar-refractivity contribution in [3.63, 3.8) is 0 Å². The molecule has 1 aliphatic rings. The molecule has 1 heterocycles. The second-order valence-corrected chi connectivity index (χ2v) is 5.63. The van der Waals surface area contributed by atoms with E-state index < -0.39 is 0 Å². The largest absolute Gasteiger partial charge is 0.439 e. The van der Waals surface area contributed by atoms with Crippen molar-refractivity contribution in [1.82, 2.24) is 9.97 Å². The minimum absolute atomic E-state index is 0.579. The second kappa shape index (κ2) is 5.29. The van der Waals surface area contributed by atoms with E-state index in [1.807, 2.05) is 13.0 Å². The van der Waals surface area contributed by atoms with Gasteiger partial charge < -0.3 is 4.74 Å². The summed E-state index contributed by atoms with van der Waals surface area (Å²) in [6.07, 6.45) is 4.91. The SMILES string of the molecule is Cc1nc(Br)cc(Oc2ccc3c(c2)CCCC3)n1. The predicted octanol–water partition coefficient (Wildman–Crippen LogP) is 4.22. The minimum Gasteiger partial charge on any atom is -0.439 e.